The molecule has 27 heavy (non-hydrogen) atoms. The molecule has 0 aliphatic carbocycles. The summed E-state index contributed by atoms with van der Waals surface area (Å²) in [6, 6.07) is 21.0. The number of carboxylic acids is 1. The average Bonchev–Trinajstić information content (AvgIpc) is 2.72. The van der Waals surface area contributed by atoms with E-state index in [1.54, 1.807) is 0 Å². The Morgan fingerprint density at radius 3 is 2.30 bits per heavy atom. The van der Waals surface area contributed by atoms with Crippen LogP contribution >= 0.6 is 0 Å². The van der Waals surface area contributed by atoms with Crippen molar-refractivity contribution >= 4 is 5.97 Å². The fourth-order valence-electron chi connectivity index (χ4n) is 3.81. The van der Waals surface area contributed by atoms with Crippen LogP contribution in [-0.4, -0.2) is 48.8 Å². The van der Waals surface area contributed by atoms with Gasteiger partial charge in [-0.3, -0.25) is 4.79 Å². The number of carbonyl (C=O) groups is 1. The van der Waals surface area contributed by atoms with Gasteiger partial charge in [0.15, 0.2) is 0 Å². The van der Waals surface area contributed by atoms with E-state index in [2.05, 4.69) is 53.4 Å². The van der Waals surface area contributed by atoms with Gasteiger partial charge in [-0.1, -0.05) is 60.7 Å². The van der Waals surface area contributed by atoms with Crippen molar-refractivity contribution < 1.29 is 14.6 Å². The molecule has 0 radical (unpaired) electrons. The summed E-state index contributed by atoms with van der Waals surface area (Å²) >= 11 is 0. The molecule has 144 valence electrons. The Bertz CT molecular complexity index is 650. The Labute approximate surface area is 161 Å². The summed E-state index contributed by atoms with van der Waals surface area (Å²) in [5.41, 5.74) is 2.54. The van der Waals surface area contributed by atoms with E-state index in [9.17, 15) is 9.90 Å². The molecule has 2 aromatic carbocycles. The van der Waals surface area contributed by atoms with E-state index in [1.165, 1.54) is 11.1 Å². The third-order valence-electron chi connectivity index (χ3n) is 5.31. The molecule has 0 spiro atoms. The third-order valence-corrected chi connectivity index (χ3v) is 5.31. The highest BCUT2D eigenvalue weighted by atomic mass is 16.5. The largest absolute Gasteiger partial charge is 0.481 e. The predicted molar refractivity (Wildman–Crippen MR) is 107 cm³/mol. The molecular formula is C23H29NO3. The van der Waals surface area contributed by atoms with Gasteiger partial charge in [0.25, 0.3) is 0 Å². The van der Waals surface area contributed by atoms with Crippen LogP contribution in [0.15, 0.2) is 60.7 Å². The number of benzene rings is 2. The van der Waals surface area contributed by atoms with E-state index in [1.807, 2.05) is 12.1 Å². The smallest absolute Gasteiger partial charge is 0.307 e. The number of hydrogen-bond donors (Lipinski definition) is 1. The number of nitrogens with zero attached hydrogens (tertiary/aromatic N) is 1. The number of hydrogen-bond acceptors (Lipinski definition) is 3. The van der Waals surface area contributed by atoms with E-state index in [0.29, 0.717) is 19.8 Å². The lowest BCUT2D eigenvalue weighted by molar-refractivity contribution is -0.143. The lowest BCUT2D eigenvalue weighted by Crippen LogP contribution is -2.39. The zero-order chi connectivity index (χ0) is 18.9. The summed E-state index contributed by atoms with van der Waals surface area (Å²) < 4.78 is 6.03. The lowest BCUT2D eigenvalue weighted by atomic mass is 9.92. The molecule has 1 N–H and O–H groups in total. The second-order valence-corrected chi connectivity index (χ2v) is 7.28. The van der Waals surface area contributed by atoms with Crippen LogP contribution in [0.1, 0.15) is 36.3 Å². The van der Waals surface area contributed by atoms with Crippen molar-refractivity contribution in [2.75, 3.05) is 32.8 Å². The maximum atomic E-state index is 11.2. The quantitative estimate of drug-likeness (QED) is 0.680. The third kappa shape index (κ3) is 5.91. The first-order chi connectivity index (χ1) is 13.2. The number of ether oxygens (including phenoxy) is 1. The van der Waals surface area contributed by atoms with Gasteiger partial charge in [-0.2, -0.15) is 0 Å². The van der Waals surface area contributed by atoms with Crippen LogP contribution in [0.2, 0.25) is 0 Å². The molecule has 1 fully saturated rings. The first-order valence-corrected chi connectivity index (χ1v) is 9.87. The zero-order valence-corrected chi connectivity index (χ0v) is 15.8. The molecule has 4 heteroatoms. The van der Waals surface area contributed by atoms with Crippen LogP contribution in [0.3, 0.4) is 0 Å². The van der Waals surface area contributed by atoms with Crippen LogP contribution in [0, 0.1) is 5.92 Å². The number of rotatable bonds is 9. The predicted octanol–water partition coefficient (Wildman–Crippen LogP) is 4.02. The summed E-state index contributed by atoms with van der Waals surface area (Å²) in [5, 5.41) is 9.19. The fraction of sp³-hybridized carbons (Fsp3) is 0.435. The van der Waals surface area contributed by atoms with Crippen LogP contribution in [0.5, 0.6) is 0 Å². The minimum atomic E-state index is -0.662. The molecule has 0 amide bonds. The van der Waals surface area contributed by atoms with Gasteiger partial charge in [-0.25, -0.2) is 0 Å². The Balaban J connectivity index is 1.46. The van der Waals surface area contributed by atoms with E-state index in [-0.39, 0.29) is 11.8 Å². The van der Waals surface area contributed by atoms with Gasteiger partial charge in [0.2, 0.25) is 0 Å². The van der Waals surface area contributed by atoms with Gasteiger partial charge in [0.1, 0.15) is 0 Å². The molecule has 2 aromatic rings. The Kier molecular flexibility index (Phi) is 7.43. The molecule has 3 rings (SSSR count). The highest BCUT2D eigenvalue weighted by Crippen LogP contribution is 2.25. The molecule has 0 bridgehead atoms. The van der Waals surface area contributed by atoms with Crippen molar-refractivity contribution in [3.8, 4) is 0 Å². The Morgan fingerprint density at radius 1 is 1.07 bits per heavy atom. The van der Waals surface area contributed by atoms with E-state index in [0.717, 1.165) is 32.4 Å². The zero-order valence-electron chi connectivity index (χ0n) is 15.8. The topological polar surface area (TPSA) is 49.8 Å². The van der Waals surface area contributed by atoms with Crippen molar-refractivity contribution in [2.24, 2.45) is 5.92 Å². The molecule has 1 unspecified atom stereocenters. The fourth-order valence-corrected chi connectivity index (χ4v) is 3.81. The van der Waals surface area contributed by atoms with Gasteiger partial charge < -0.3 is 14.7 Å². The van der Waals surface area contributed by atoms with Crippen molar-refractivity contribution in [2.45, 2.75) is 25.2 Å². The summed E-state index contributed by atoms with van der Waals surface area (Å²) in [5.74, 6) is -0.636. The molecule has 1 atom stereocenters. The minimum absolute atomic E-state index is 0.208. The first kappa shape index (κ1) is 19.6. The molecule has 0 aromatic heterocycles. The maximum absolute atomic E-state index is 11.2. The van der Waals surface area contributed by atoms with Crippen molar-refractivity contribution in [1.29, 1.82) is 0 Å². The van der Waals surface area contributed by atoms with Gasteiger partial charge in [0, 0.05) is 25.6 Å². The van der Waals surface area contributed by atoms with Crippen LogP contribution in [0.25, 0.3) is 0 Å². The Morgan fingerprint density at radius 2 is 1.70 bits per heavy atom. The van der Waals surface area contributed by atoms with Gasteiger partial charge in [0.05, 0.1) is 12.5 Å². The minimum Gasteiger partial charge on any atom is -0.481 e. The van der Waals surface area contributed by atoms with Crippen LogP contribution < -0.4 is 0 Å². The standard InChI is InChI=1S/C23H29NO3/c25-23(26)21-13-7-14-24(17-21)15-8-16-27-18-22(19-9-3-1-4-10-19)20-11-5-2-6-12-20/h1-6,9-12,21-22H,7-8,13-18H2,(H,25,26). The van der Waals surface area contributed by atoms with E-state index >= 15 is 0 Å². The molecule has 1 heterocycles. The van der Waals surface area contributed by atoms with Crippen molar-refractivity contribution in [3.05, 3.63) is 71.8 Å². The highest BCUT2D eigenvalue weighted by molar-refractivity contribution is 5.70. The summed E-state index contributed by atoms with van der Waals surface area (Å²) in [4.78, 5) is 13.4. The number of piperidine rings is 1. The van der Waals surface area contributed by atoms with Gasteiger partial charge in [-0.05, 0) is 36.9 Å². The molecule has 0 saturated carbocycles. The van der Waals surface area contributed by atoms with E-state index < -0.39 is 5.97 Å². The maximum Gasteiger partial charge on any atom is 0.307 e. The molecule has 1 saturated heterocycles. The lowest BCUT2D eigenvalue weighted by Gasteiger charge is -2.30. The monoisotopic (exact) mass is 367 g/mol. The summed E-state index contributed by atoms with van der Waals surface area (Å²) in [7, 11) is 0. The first-order valence-electron chi connectivity index (χ1n) is 9.87. The normalized spacial score (nSPS) is 17.9. The molecule has 1 aliphatic rings. The molecule has 1 aliphatic heterocycles. The SMILES string of the molecule is O=C(O)C1CCCN(CCCOCC(c2ccccc2)c2ccccc2)C1. The number of aliphatic carboxylic acids is 1. The second kappa shape index (κ2) is 10.2. The van der Waals surface area contributed by atoms with Gasteiger partial charge >= 0.3 is 5.97 Å². The number of carboxylic acid groups (broad SMARTS) is 1. The van der Waals surface area contributed by atoms with Gasteiger partial charge in [-0.15, -0.1) is 0 Å². The Hall–Kier alpha value is -2.17. The highest BCUT2D eigenvalue weighted by Gasteiger charge is 2.24. The van der Waals surface area contributed by atoms with Crippen molar-refractivity contribution in [1.82, 2.24) is 4.90 Å². The number of likely N-dealkylation sites (tertiary alicyclic amines) is 1. The average molecular weight is 367 g/mol. The summed E-state index contributed by atoms with van der Waals surface area (Å²) in [6.07, 6.45) is 2.71. The van der Waals surface area contributed by atoms with E-state index in [4.69, 9.17) is 4.74 Å². The van der Waals surface area contributed by atoms with Crippen LogP contribution in [-0.2, 0) is 9.53 Å². The molecule has 4 nitrogen and oxygen atoms in total. The second-order valence-electron chi connectivity index (χ2n) is 7.28. The molecular weight excluding hydrogens is 338 g/mol. The summed E-state index contributed by atoms with van der Waals surface area (Å²) in [6.45, 7) is 3.94. The van der Waals surface area contributed by atoms with Crippen LogP contribution in [0.4, 0.5) is 0 Å². The van der Waals surface area contributed by atoms with Crippen molar-refractivity contribution in [3.63, 3.8) is 0 Å².